The minimum Gasteiger partial charge on any atom is -0.390 e. The van der Waals surface area contributed by atoms with Gasteiger partial charge in [0.15, 0.2) is 5.82 Å². The molecule has 4 aliphatic carbocycles. The van der Waals surface area contributed by atoms with E-state index in [1.54, 1.807) is 28.0 Å². The number of allylic oxidation sites excluding steroid dienone is 1. The fourth-order valence-corrected chi connectivity index (χ4v) is 5.84. The molecular weight excluding hydrogens is 342 g/mol. The second-order valence-corrected chi connectivity index (χ2v) is 8.67. The summed E-state index contributed by atoms with van der Waals surface area (Å²) in [5, 5.41) is 22.7. The standard InChI is InChI=1S/C20H25N5O2/c1-12(2)25-19(24-5-3-4-21-24)16(11-22-25)18(26)23-17-14-6-13-7-15(17)10-20(27,8-13)9-14/h3-5,11,13-15,17,27H,1,6-10H2,2H3,(H,23,26). The van der Waals surface area contributed by atoms with Gasteiger partial charge in [-0.25, -0.2) is 9.36 Å². The predicted molar refractivity (Wildman–Crippen MR) is 100 cm³/mol. The van der Waals surface area contributed by atoms with Crippen molar-refractivity contribution in [2.45, 2.75) is 50.7 Å². The van der Waals surface area contributed by atoms with Crippen molar-refractivity contribution in [1.82, 2.24) is 24.9 Å². The van der Waals surface area contributed by atoms with Crippen LogP contribution in [0.3, 0.4) is 0 Å². The van der Waals surface area contributed by atoms with E-state index in [-0.39, 0.29) is 11.9 Å². The van der Waals surface area contributed by atoms with Gasteiger partial charge in [0.1, 0.15) is 5.56 Å². The van der Waals surface area contributed by atoms with Gasteiger partial charge in [-0.05, 0) is 62.8 Å². The number of aromatic nitrogens is 4. The summed E-state index contributed by atoms with van der Waals surface area (Å²) in [7, 11) is 0. The number of nitrogens with one attached hydrogen (secondary N) is 1. The molecule has 0 spiro atoms. The van der Waals surface area contributed by atoms with Gasteiger partial charge in [0.05, 0.1) is 11.8 Å². The molecule has 2 heterocycles. The maximum Gasteiger partial charge on any atom is 0.257 e. The lowest BCUT2D eigenvalue weighted by Gasteiger charge is -2.58. The van der Waals surface area contributed by atoms with Crippen LogP contribution >= 0.6 is 0 Å². The summed E-state index contributed by atoms with van der Waals surface area (Å²) in [6.45, 7) is 5.80. The van der Waals surface area contributed by atoms with E-state index in [2.05, 4.69) is 22.1 Å². The third kappa shape index (κ3) is 2.64. The molecule has 1 amide bonds. The van der Waals surface area contributed by atoms with Crippen LogP contribution in [-0.4, -0.2) is 42.2 Å². The highest BCUT2D eigenvalue weighted by atomic mass is 16.3. The van der Waals surface area contributed by atoms with Crippen molar-refractivity contribution in [1.29, 1.82) is 0 Å². The Bertz CT molecular complexity index is 884. The van der Waals surface area contributed by atoms with Gasteiger partial charge in [-0.1, -0.05) is 6.58 Å². The molecule has 0 radical (unpaired) electrons. The van der Waals surface area contributed by atoms with Crippen molar-refractivity contribution in [3.63, 3.8) is 0 Å². The number of amides is 1. The van der Waals surface area contributed by atoms with E-state index in [0.29, 0.717) is 29.1 Å². The van der Waals surface area contributed by atoms with Gasteiger partial charge in [-0.2, -0.15) is 10.2 Å². The number of hydrogen-bond donors (Lipinski definition) is 2. The number of aliphatic hydroxyl groups is 1. The number of nitrogens with zero attached hydrogens (tertiary/aromatic N) is 4. The molecule has 2 aromatic rings. The molecule has 4 aliphatic rings. The lowest BCUT2D eigenvalue weighted by atomic mass is 9.52. The Morgan fingerprint density at radius 3 is 2.63 bits per heavy atom. The largest absolute Gasteiger partial charge is 0.390 e. The summed E-state index contributed by atoms with van der Waals surface area (Å²) >= 11 is 0. The van der Waals surface area contributed by atoms with Crippen LogP contribution < -0.4 is 5.32 Å². The van der Waals surface area contributed by atoms with Crippen LogP contribution in [0.15, 0.2) is 31.2 Å². The predicted octanol–water partition coefficient (Wildman–Crippen LogP) is 2.23. The Kier molecular flexibility index (Phi) is 3.59. The van der Waals surface area contributed by atoms with Crippen LogP contribution in [-0.2, 0) is 0 Å². The number of hydrogen-bond acceptors (Lipinski definition) is 4. The van der Waals surface area contributed by atoms with Crippen LogP contribution in [0.4, 0.5) is 0 Å². The van der Waals surface area contributed by atoms with Crippen molar-refractivity contribution in [2.24, 2.45) is 17.8 Å². The molecule has 27 heavy (non-hydrogen) atoms. The number of carbonyl (C=O) groups is 1. The highest BCUT2D eigenvalue weighted by molar-refractivity contribution is 5.97. The first-order valence-electron chi connectivity index (χ1n) is 9.71. The minimum atomic E-state index is -0.497. The Hall–Kier alpha value is -2.41. The van der Waals surface area contributed by atoms with Gasteiger partial charge in [-0.15, -0.1) is 0 Å². The summed E-state index contributed by atoms with van der Waals surface area (Å²) in [6.07, 6.45) is 9.84. The lowest BCUT2D eigenvalue weighted by molar-refractivity contribution is -0.136. The van der Waals surface area contributed by atoms with Crippen LogP contribution in [0, 0.1) is 17.8 Å². The highest BCUT2D eigenvalue weighted by Crippen LogP contribution is 2.55. The summed E-state index contributed by atoms with van der Waals surface area (Å²) in [5.41, 5.74) is 0.716. The van der Waals surface area contributed by atoms with Gasteiger partial charge in [-0.3, -0.25) is 4.79 Å². The van der Waals surface area contributed by atoms with E-state index in [0.717, 1.165) is 37.8 Å². The topological polar surface area (TPSA) is 85.0 Å². The maximum absolute atomic E-state index is 13.2. The van der Waals surface area contributed by atoms with E-state index in [1.807, 2.05) is 13.0 Å². The molecule has 7 heteroatoms. The van der Waals surface area contributed by atoms with Crippen molar-refractivity contribution in [2.75, 3.05) is 0 Å². The Morgan fingerprint density at radius 1 is 1.30 bits per heavy atom. The first-order valence-corrected chi connectivity index (χ1v) is 9.71. The molecule has 0 saturated heterocycles. The molecule has 4 saturated carbocycles. The van der Waals surface area contributed by atoms with Crippen LogP contribution in [0.2, 0.25) is 0 Å². The fourth-order valence-electron chi connectivity index (χ4n) is 5.84. The van der Waals surface area contributed by atoms with Crippen molar-refractivity contribution in [3.8, 4) is 5.82 Å². The zero-order chi connectivity index (χ0) is 18.8. The average Bonchev–Trinajstić information content (AvgIpc) is 3.24. The second kappa shape index (κ2) is 5.79. The molecule has 0 aromatic carbocycles. The number of carbonyl (C=O) groups excluding carboxylic acids is 1. The molecule has 2 unspecified atom stereocenters. The zero-order valence-electron chi connectivity index (χ0n) is 15.5. The van der Waals surface area contributed by atoms with Crippen LogP contribution in [0.5, 0.6) is 0 Å². The smallest absolute Gasteiger partial charge is 0.257 e. The monoisotopic (exact) mass is 367 g/mol. The minimum absolute atomic E-state index is 0.127. The summed E-state index contributed by atoms with van der Waals surface area (Å²) in [6, 6.07) is 1.95. The highest BCUT2D eigenvalue weighted by Gasteiger charge is 2.55. The average molecular weight is 367 g/mol. The van der Waals surface area contributed by atoms with E-state index >= 15 is 0 Å². The van der Waals surface area contributed by atoms with E-state index in [9.17, 15) is 9.90 Å². The number of rotatable bonds is 4. The van der Waals surface area contributed by atoms with E-state index in [1.165, 1.54) is 0 Å². The fraction of sp³-hybridized carbons (Fsp3) is 0.550. The second-order valence-electron chi connectivity index (χ2n) is 8.67. The van der Waals surface area contributed by atoms with Gasteiger partial charge in [0.25, 0.3) is 5.91 Å². The van der Waals surface area contributed by atoms with Gasteiger partial charge >= 0.3 is 0 Å². The first kappa shape index (κ1) is 16.7. The molecule has 2 aromatic heterocycles. The first-order chi connectivity index (χ1) is 12.9. The van der Waals surface area contributed by atoms with Gasteiger partial charge in [0, 0.05) is 24.1 Å². The van der Waals surface area contributed by atoms with Gasteiger partial charge < -0.3 is 10.4 Å². The molecule has 4 bridgehead atoms. The molecule has 0 aliphatic heterocycles. The molecule has 2 atom stereocenters. The maximum atomic E-state index is 13.2. The normalized spacial score (nSPS) is 34.0. The summed E-state index contributed by atoms with van der Waals surface area (Å²) in [5.74, 6) is 1.83. The Balaban J connectivity index is 1.44. The lowest BCUT2D eigenvalue weighted by Crippen LogP contribution is -2.61. The van der Waals surface area contributed by atoms with E-state index < -0.39 is 5.60 Å². The molecule has 7 nitrogen and oxygen atoms in total. The third-order valence-corrected chi connectivity index (χ3v) is 6.61. The Morgan fingerprint density at radius 2 is 2.04 bits per heavy atom. The molecule has 142 valence electrons. The summed E-state index contributed by atoms with van der Waals surface area (Å²) in [4.78, 5) is 13.2. The van der Waals surface area contributed by atoms with Crippen LogP contribution in [0.1, 0.15) is 49.4 Å². The SMILES string of the molecule is C=C(C)n1ncc(C(=O)NC2C3CC4CC2CC(O)(C4)C3)c1-n1cccn1. The third-order valence-electron chi connectivity index (χ3n) is 6.61. The molecule has 4 fully saturated rings. The van der Waals surface area contributed by atoms with Crippen molar-refractivity contribution < 1.29 is 9.90 Å². The molecular formula is C20H25N5O2. The summed E-state index contributed by atoms with van der Waals surface area (Å²) < 4.78 is 3.29. The molecule has 6 rings (SSSR count). The van der Waals surface area contributed by atoms with Crippen LogP contribution in [0.25, 0.3) is 11.5 Å². The van der Waals surface area contributed by atoms with Crippen molar-refractivity contribution in [3.05, 3.63) is 36.8 Å². The zero-order valence-corrected chi connectivity index (χ0v) is 15.5. The molecule has 2 N–H and O–H groups in total. The Labute approximate surface area is 158 Å². The van der Waals surface area contributed by atoms with E-state index in [4.69, 9.17) is 0 Å². The quantitative estimate of drug-likeness (QED) is 0.868. The van der Waals surface area contributed by atoms with Gasteiger partial charge in [0.2, 0.25) is 0 Å². The van der Waals surface area contributed by atoms with Crippen molar-refractivity contribution >= 4 is 11.6 Å².